The third-order valence-electron chi connectivity index (χ3n) is 6.34. The minimum absolute atomic E-state index is 0.408. The average molecular weight is 381 g/mol. The Kier molecular flexibility index (Phi) is 13.9. The molecule has 1 heterocycles. The number of unbranched alkanes of at least 4 members (excludes halogenated alkanes) is 5. The number of hydrogen-bond donors (Lipinski definition) is 1. The average Bonchev–Trinajstić information content (AvgIpc) is 2.69. The molecule has 0 aromatic heterocycles. The number of piperidine rings is 1. The molecule has 4 nitrogen and oxygen atoms in total. The Morgan fingerprint density at radius 3 is 2.30 bits per heavy atom. The Bertz CT molecular complexity index is 375. The van der Waals surface area contributed by atoms with E-state index in [4.69, 9.17) is 5.73 Å². The molecule has 0 aliphatic carbocycles. The molecule has 0 aromatic rings. The van der Waals surface area contributed by atoms with Gasteiger partial charge in [-0.2, -0.15) is 0 Å². The van der Waals surface area contributed by atoms with Crippen molar-refractivity contribution in [3.8, 4) is 0 Å². The van der Waals surface area contributed by atoms with Gasteiger partial charge in [-0.1, -0.05) is 65.7 Å². The van der Waals surface area contributed by atoms with Crippen LogP contribution in [0, 0.1) is 5.92 Å². The summed E-state index contributed by atoms with van der Waals surface area (Å²) in [5.41, 5.74) is 5.59. The second kappa shape index (κ2) is 15.3. The minimum atomic E-state index is 0.408. The SMILES string of the molecule is CCCCCCCN(CC(CC)CCCC)C1CCN(/C(C)=N/CN)CC1. The van der Waals surface area contributed by atoms with Crippen molar-refractivity contribution in [1.29, 1.82) is 0 Å². The second-order valence-electron chi connectivity index (χ2n) is 8.43. The van der Waals surface area contributed by atoms with Crippen LogP contribution < -0.4 is 5.73 Å². The van der Waals surface area contributed by atoms with Gasteiger partial charge in [-0.05, 0) is 45.1 Å². The van der Waals surface area contributed by atoms with Gasteiger partial charge in [0.15, 0.2) is 0 Å². The van der Waals surface area contributed by atoms with E-state index in [1.54, 1.807) is 0 Å². The molecule has 27 heavy (non-hydrogen) atoms. The van der Waals surface area contributed by atoms with Crippen molar-refractivity contribution in [2.75, 3.05) is 32.8 Å². The third-order valence-corrected chi connectivity index (χ3v) is 6.34. The molecule has 0 amide bonds. The first-order chi connectivity index (χ1) is 13.2. The van der Waals surface area contributed by atoms with Crippen LogP contribution >= 0.6 is 0 Å². The van der Waals surface area contributed by atoms with Crippen molar-refractivity contribution < 1.29 is 0 Å². The molecule has 1 atom stereocenters. The van der Waals surface area contributed by atoms with Crippen LogP contribution in [0.5, 0.6) is 0 Å². The normalized spacial score (nSPS) is 17.7. The van der Waals surface area contributed by atoms with Gasteiger partial charge in [0, 0.05) is 25.7 Å². The van der Waals surface area contributed by atoms with Gasteiger partial charge in [0.25, 0.3) is 0 Å². The van der Waals surface area contributed by atoms with Gasteiger partial charge < -0.3 is 10.6 Å². The second-order valence-corrected chi connectivity index (χ2v) is 8.43. The number of aliphatic imine (C=N–C) groups is 1. The lowest BCUT2D eigenvalue weighted by Gasteiger charge is -2.40. The summed E-state index contributed by atoms with van der Waals surface area (Å²) < 4.78 is 0. The van der Waals surface area contributed by atoms with E-state index in [0.717, 1.165) is 30.9 Å². The zero-order valence-corrected chi connectivity index (χ0v) is 18.9. The Morgan fingerprint density at radius 1 is 1.04 bits per heavy atom. The van der Waals surface area contributed by atoms with Crippen molar-refractivity contribution in [2.45, 2.75) is 104 Å². The molecule has 1 saturated heterocycles. The number of likely N-dealkylation sites (tertiary alicyclic amines) is 1. The third kappa shape index (κ3) is 9.94. The molecule has 2 N–H and O–H groups in total. The van der Waals surface area contributed by atoms with E-state index in [2.05, 4.69) is 42.5 Å². The lowest BCUT2D eigenvalue weighted by Crippen LogP contribution is -2.48. The maximum atomic E-state index is 5.59. The van der Waals surface area contributed by atoms with E-state index in [-0.39, 0.29) is 0 Å². The largest absolute Gasteiger partial charge is 0.360 e. The zero-order chi connectivity index (χ0) is 19.9. The van der Waals surface area contributed by atoms with E-state index in [9.17, 15) is 0 Å². The molecule has 1 rings (SSSR count). The Morgan fingerprint density at radius 2 is 1.70 bits per heavy atom. The summed E-state index contributed by atoms with van der Waals surface area (Å²) in [6.45, 7) is 14.4. The van der Waals surface area contributed by atoms with Gasteiger partial charge in [-0.15, -0.1) is 0 Å². The maximum absolute atomic E-state index is 5.59. The van der Waals surface area contributed by atoms with Crippen LogP contribution in [0.1, 0.15) is 98.3 Å². The molecule has 0 spiro atoms. The van der Waals surface area contributed by atoms with E-state index >= 15 is 0 Å². The topological polar surface area (TPSA) is 44.9 Å². The van der Waals surface area contributed by atoms with Crippen LogP contribution in [0.25, 0.3) is 0 Å². The fourth-order valence-corrected chi connectivity index (χ4v) is 4.38. The van der Waals surface area contributed by atoms with Crippen LogP contribution in [0.15, 0.2) is 4.99 Å². The lowest BCUT2D eigenvalue weighted by molar-refractivity contribution is 0.110. The molecule has 1 fully saturated rings. The highest BCUT2D eigenvalue weighted by atomic mass is 15.2. The first kappa shape index (κ1) is 24.4. The molecular weight excluding hydrogens is 332 g/mol. The predicted molar refractivity (Wildman–Crippen MR) is 120 cm³/mol. The Hall–Kier alpha value is -0.610. The number of rotatable bonds is 14. The quantitative estimate of drug-likeness (QED) is 0.253. The van der Waals surface area contributed by atoms with Crippen molar-refractivity contribution in [3.63, 3.8) is 0 Å². The molecule has 0 radical (unpaired) electrons. The molecule has 1 aliphatic rings. The molecule has 1 unspecified atom stereocenters. The summed E-state index contributed by atoms with van der Waals surface area (Å²) >= 11 is 0. The molecular formula is C23H48N4. The van der Waals surface area contributed by atoms with Crippen molar-refractivity contribution in [1.82, 2.24) is 9.80 Å². The van der Waals surface area contributed by atoms with Gasteiger partial charge in [0.1, 0.15) is 0 Å². The fourth-order valence-electron chi connectivity index (χ4n) is 4.38. The summed E-state index contributed by atoms with van der Waals surface area (Å²) in [5, 5.41) is 0. The smallest absolute Gasteiger partial charge is 0.0973 e. The summed E-state index contributed by atoms with van der Waals surface area (Å²) in [4.78, 5) is 9.69. The molecule has 4 heteroatoms. The number of amidine groups is 1. The van der Waals surface area contributed by atoms with Crippen LogP contribution in [0.2, 0.25) is 0 Å². The molecule has 0 saturated carbocycles. The molecule has 160 valence electrons. The van der Waals surface area contributed by atoms with Crippen LogP contribution in [-0.2, 0) is 0 Å². The molecule has 0 aromatic carbocycles. The Balaban J connectivity index is 2.57. The van der Waals surface area contributed by atoms with Crippen LogP contribution in [0.3, 0.4) is 0 Å². The summed E-state index contributed by atoms with van der Waals surface area (Å²) in [6, 6.07) is 0.758. The van der Waals surface area contributed by atoms with E-state index in [1.165, 1.54) is 83.7 Å². The standard InChI is InChI=1S/C23H48N4/c1-5-8-10-11-12-16-27(19-22(7-3)13-9-6-2)23-14-17-26(18-15-23)21(4)25-20-24/h22-23H,5-20,24H2,1-4H3/b25-21+. The predicted octanol–water partition coefficient (Wildman–Crippen LogP) is 5.27. The number of nitrogens with two attached hydrogens (primary N) is 1. The van der Waals surface area contributed by atoms with Gasteiger partial charge in [-0.3, -0.25) is 9.89 Å². The number of nitrogens with zero attached hydrogens (tertiary/aromatic N) is 3. The number of hydrogen-bond acceptors (Lipinski definition) is 3. The van der Waals surface area contributed by atoms with E-state index in [1.807, 2.05) is 0 Å². The van der Waals surface area contributed by atoms with Crippen LogP contribution in [-0.4, -0.2) is 54.5 Å². The first-order valence-electron chi connectivity index (χ1n) is 11.9. The van der Waals surface area contributed by atoms with Crippen LogP contribution in [0.4, 0.5) is 0 Å². The van der Waals surface area contributed by atoms with Gasteiger partial charge >= 0.3 is 0 Å². The fraction of sp³-hybridized carbons (Fsp3) is 0.957. The highest BCUT2D eigenvalue weighted by Crippen LogP contribution is 2.22. The van der Waals surface area contributed by atoms with Gasteiger partial charge in [0.05, 0.1) is 12.5 Å². The Labute approximate surface area is 170 Å². The van der Waals surface area contributed by atoms with Gasteiger partial charge in [-0.25, -0.2) is 0 Å². The monoisotopic (exact) mass is 380 g/mol. The summed E-state index contributed by atoms with van der Waals surface area (Å²) in [5.74, 6) is 2.00. The lowest BCUT2D eigenvalue weighted by atomic mass is 9.95. The van der Waals surface area contributed by atoms with Crippen molar-refractivity contribution in [3.05, 3.63) is 0 Å². The van der Waals surface area contributed by atoms with Crippen molar-refractivity contribution >= 4 is 5.84 Å². The highest BCUT2D eigenvalue weighted by molar-refractivity contribution is 5.79. The zero-order valence-electron chi connectivity index (χ0n) is 18.9. The van der Waals surface area contributed by atoms with E-state index in [0.29, 0.717) is 6.67 Å². The first-order valence-corrected chi connectivity index (χ1v) is 11.9. The van der Waals surface area contributed by atoms with E-state index < -0.39 is 0 Å². The summed E-state index contributed by atoms with van der Waals surface area (Å²) in [7, 11) is 0. The van der Waals surface area contributed by atoms with Crippen molar-refractivity contribution in [2.24, 2.45) is 16.6 Å². The maximum Gasteiger partial charge on any atom is 0.0973 e. The van der Waals surface area contributed by atoms with Gasteiger partial charge in [0.2, 0.25) is 0 Å². The molecule has 1 aliphatic heterocycles. The molecule has 0 bridgehead atoms. The minimum Gasteiger partial charge on any atom is -0.360 e. The summed E-state index contributed by atoms with van der Waals surface area (Å²) in [6.07, 6.45) is 14.9. The highest BCUT2D eigenvalue weighted by Gasteiger charge is 2.26.